The Labute approximate surface area is 203 Å². The molecule has 166 valence electrons. The van der Waals surface area contributed by atoms with Crippen LogP contribution >= 0.6 is 27.7 Å². The van der Waals surface area contributed by atoms with Crippen molar-refractivity contribution in [3.63, 3.8) is 0 Å². The molecule has 1 N–H and O–H groups in total. The molecule has 0 aliphatic rings. The number of aromatic nitrogens is 2. The van der Waals surface area contributed by atoms with Crippen molar-refractivity contribution in [3.05, 3.63) is 98.7 Å². The summed E-state index contributed by atoms with van der Waals surface area (Å²) in [5.41, 5.74) is 6.32. The van der Waals surface area contributed by atoms with E-state index in [-0.39, 0.29) is 17.2 Å². The summed E-state index contributed by atoms with van der Waals surface area (Å²) in [7, 11) is 0. The summed E-state index contributed by atoms with van der Waals surface area (Å²) in [4.78, 5) is 30.5. The van der Waals surface area contributed by atoms with Gasteiger partial charge in [-0.1, -0.05) is 70.2 Å². The smallest absolute Gasteiger partial charge is 0.266 e. The van der Waals surface area contributed by atoms with Crippen LogP contribution in [0.1, 0.15) is 18.1 Å². The second-order valence-corrected chi connectivity index (χ2v) is 9.22. The maximum absolute atomic E-state index is 13.3. The van der Waals surface area contributed by atoms with E-state index >= 15 is 0 Å². The van der Waals surface area contributed by atoms with Gasteiger partial charge in [0, 0.05) is 4.47 Å². The van der Waals surface area contributed by atoms with Crippen LogP contribution < -0.4 is 11.0 Å². The van der Waals surface area contributed by atoms with Crippen LogP contribution in [0.5, 0.6) is 0 Å². The van der Waals surface area contributed by atoms with Crippen LogP contribution in [0.25, 0.3) is 16.6 Å². The molecule has 0 spiro atoms. The number of thioether (sulfide) groups is 1. The molecular weight excluding hydrogens is 500 g/mol. The van der Waals surface area contributed by atoms with Gasteiger partial charge in [-0.05, 0) is 55.3 Å². The summed E-state index contributed by atoms with van der Waals surface area (Å²) in [6.45, 7) is 3.77. The Balaban J connectivity index is 1.59. The first-order valence-corrected chi connectivity index (χ1v) is 12.0. The SMILES string of the molecule is C/C(=N\NC(=O)CSc1nc2ccccc2c(=O)n1-c1ccccc1C)c1ccc(Br)cc1. The fourth-order valence-corrected chi connectivity index (χ4v) is 4.36. The summed E-state index contributed by atoms with van der Waals surface area (Å²) in [5, 5.41) is 5.19. The van der Waals surface area contributed by atoms with Gasteiger partial charge in [0.1, 0.15) is 0 Å². The van der Waals surface area contributed by atoms with Crippen molar-refractivity contribution in [1.82, 2.24) is 15.0 Å². The van der Waals surface area contributed by atoms with Gasteiger partial charge >= 0.3 is 0 Å². The van der Waals surface area contributed by atoms with E-state index in [2.05, 4.69) is 31.4 Å². The largest absolute Gasteiger partial charge is 0.272 e. The van der Waals surface area contributed by atoms with Gasteiger partial charge in [0.2, 0.25) is 0 Å². The van der Waals surface area contributed by atoms with Gasteiger partial charge in [-0.3, -0.25) is 14.2 Å². The van der Waals surface area contributed by atoms with E-state index in [1.165, 1.54) is 11.8 Å². The normalized spacial score (nSPS) is 11.5. The number of para-hydroxylation sites is 2. The number of hydrazone groups is 1. The summed E-state index contributed by atoms with van der Waals surface area (Å²) in [5.74, 6) is -0.219. The topological polar surface area (TPSA) is 76.3 Å². The molecule has 0 fully saturated rings. The average Bonchev–Trinajstić information content (AvgIpc) is 2.82. The van der Waals surface area contributed by atoms with Crippen LogP contribution in [-0.4, -0.2) is 26.9 Å². The number of aryl methyl sites for hydroxylation is 1. The molecule has 1 heterocycles. The number of carbonyl (C=O) groups is 1. The molecule has 4 rings (SSSR count). The third-order valence-electron chi connectivity index (χ3n) is 5.04. The number of nitrogens with one attached hydrogen (secondary N) is 1. The van der Waals surface area contributed by atoms with Gasteiger partial charge in [0.25, 0.3) is 11.5 Å². The highest BCUT2D eigenvalue weighted by Crippen LogP contribution is 2.23. The molecular formula is C25H21BrN4O2S. The molecule has 6 nitrogen and oxygen atoms in total. The van der Waals surface area contributed by atoms with Crippen molar-refractivity contribution in [2.45, 2.75) is 19.0 Å². The van der Waals surface area contributed by atoms with Crippen LogP contribution in [-0.2, 0) is 4.79 Å². The number of rotatable bonds is 6. The zero-order chi connectivity index (χ0) is 23.4. The van der Waals surface area contributed by atoms with Gasteiger partial charge in [0.05, 0.1) is 28.1 Å². The number of benzene rings is 3. The zero-order valence-corrected chi connectivity index (χ0v) is 20.5. The quantitative estimate of drug-likeness (QED) is 0.166. The standard InChI is InChI=1S/C25H21BrN4O2S/c1-16-7-3-6-10-22(16)30-24(32)20-8-4-5-9-21(20)27-25(30)33-15-23(31)29-28-17(2)18-11-13-19(26)14-12-18/h3-14H,15H2,1-2H3,(H,29,31)/b28-17+. The first-order valence-electron chi connectivity index (χ1n) is 10.2. The molecule has 8 heteroatoms. The summed E-state index contributed by atoms with van der Waals surface area (Å²) in [6, 6.07) is 22.5. The minimum absolute atomic E-state index is 0.0633. The number of nitrogens with zero attached hydrogens (tertiary/aromatic N) is 3. The lowest BCUT2D eigenvalue weighted by molar-refractivity contribution is -0.118. The van der Waals surface area contributed by atoms with Crippen molar-refractivity contribution in [2.24, 2.45) is 5.10 Å². The van der Waals surface area contributed by atoms with Crippen LogP contribution in [0.2, 0.25) is 0 Å². The second kappa shape index (κ2) is 10.1. The van der Waals surface area contributed by atoms with Gasteiger partial charge < -0.3 is 0 Å². The van der Waals surface area contributed by atoms with Crippen molar-refractivity contribution in [2.75, 3.05) is 5.75 Å². The number of carbonyl (C=O) groups excluding carboxylic acids is 1. The molecule has 0 bridgehead atoms. The molecule has 3 aromatic carbocycles. The number of hydrogen-bond donors (Lipinski definition) is 1. The van der Waals surface area contributed by atoms with Crippen LogP contribution in [0.15, 0.2) is 92.3 Å². The molecule has 4 aromatic rings. The van der Waals surface area contributed by atoms with E-state index in [9.17, 15) is 9.59 Å². The molecule has 0 radical (unpaired) electrons. The first kappa shape index (κ1) is 22.9. The Morgan fingerprint density at radius 3 is 2.52 bits per heavy atom. The highest BCUT2D eigenvalue weighted by molar-refractivity contribution is 9.10. The van der Waals surface area contributed by atoms with E-state index in [0.29, 0.717) is 21.8 Å². The van der Waals surface area contributed by atoms with Crippen molar-refractivity contribution in [3.8, 4) is 5.69 Å². The van der Waals surface area contributed by atoms with E-state index in [1.54, 1.807) is 16.7 Å². The molecule has 0 unspecified atom stereocenters. The Hall–Kier alpha value is -3.23. The van der Waals surface area contributed by atoms with E-state index in [4.69, 9.17) is 0 Å². The number of hydrogen-bond acceptors (Lipinski definition) is 5. The molecule has 33 heavy (non-hydrogen) atoms. The fourth-order valence-electron chi connectivity index (χ4n) is 3.30. The Kier molecular flexibility index (Phi) is 7.05. The molecule has 0 aliphatic heterocycles. The number of fused-ring (bicyclic) bond motifs is 1. The lowest BCUT2D eigenvalue weighted by Crippen LogP contribution is -2.25. The molecule has 0 saturated heterocycles. The highest BCUT2D eigenvalue weighted by atomic mass is 79.9. The minimum Gasteiger partial charge on any atom is -0.272 e. The van der Waals surface area contributed by atoms with Crippen LogP contribution in [0.4, 0.5) is 0 Å². The van der Waals surface area contributed by atoms with E-state index in [1.807, 2.05) is 74.5 Å². The second-order valence-electron chi connectivity index (χ2n) is 7.37. The van der Waals surface area contributed by atoms with E-state index < -0.39 is 0 Å². The van der Waals surface area contributed by atoms with Crippen molar-refractivity contribution >= 4 is 50.2 Å². The summed E-state index contributed by atoms with van der Waals surface area (Å²) in [6.07, 6.45) is 0. The molecule has 0 saturated carbocycles. The molecule has 1 amide bonds. The summed E-state index contributed by atoms with van der Waals surface area (Å²) >= 11 is 4.61. The average molecular weight is 521 g/mol. The van der Waals surface area contributed by atoms with Crippen LogP contribution in [0, 0.1) is 6.92 Å². The fraction of sp³-hybridized carbons (Fsp3) is 0.120. The maximum Gasteiger partial charge on any atom is 0.266 e. The monoisotopic (exact) mass is 520 g/mol. The van der Waals surface area contributed by atoms with Gasteiger partial charge in [-0.15, -0.1) is 0 Å². The predicted octanol–water partition coefficient (Wildman–Crippen LogP) is 5.09. The Morgan fingerprint density at radius 2 is 1.76 bits per heavy atom. The third kappa shape index (κ3) is 5.23. The number of halogens is 1. The zero-order valence-electron chi connectivity index (χ0n) is 18.1. The van der Waals surface area contributed by atoms with Gasteiger partial charge in [-0.2, -0.15) is 5.10 Å². The van der Waals surface area contributed by atoms with Crippen LogP contribution in [0.3, 0.4) is 0 Å². The number of amides is 1. The first-order chi connectivity index (χ1) is 15.9. The Morgan fingerprint density at radius 1 is 1.06 bits per heavy atom. The molecule has 0 aliphatic carbocycles. The lowest BCUT2D eigenvalue weighted by atomic mass is 10.1. The third-order valence-corrected chi connectivity index (χ3v) is 6.51. The highest BCUT2D eigenvalue weighted by Gasteiger charge is 2.16. The van der Waals surface area contributed by atoms with E-state index in [0.717, 1.165) is 21.3 Å². The molecule has 1 aromatic heterocycles. The van der Waals surface area contributed by atoms with Gasteiger partial charge in [-0.25, -0.2) is 10.4 Å². The van der Waals surface area contributed by atoms with Crippen molar-refractivity contribution in [1.29, 1.82) is 0 Å². The predicted molar refractivity (Wildman–Crippen MR) is 137 cm³/mol. The Bertz CT molecular complexity index is 1410. The van der Waals surface area contributed by atoms with Crippen molar-refractivity contribution < 1.29 is 4.79 Å². The summed E-state index contributed by atoms with van der Waals surface area (Å²) < 4.78 is 2.55. The molecule has 0 atom stereocenters. The maximum atomic E-state index is 13.3. The lowest BCUT2D eigenvalue weighted by Gasteiger charge is -2.14. The minimum atomic E-state index is -0.282. The van der Waals surface area contributed by atoms with Gasteiger partial charge in [0.15, 0.2) is 5.16 Å².